The molecule has 130 valence electrons. The highest BCUT2D eigenvalue weighted by molar-refractivity contribution is 6.00. The summed E-state index contributed by atoms with van der Waals surface area (Å²) < 4.78 is 4.95. The lowest BCUT2D eigenvalue weighted by Crippen LogP contribution is -2.37. The van der Waals surface area contributed by atoms with E-state index in [2.05, 4.69) is 0 Å². The zero-order valence-corrected chi connectivity index (χ0v) is 13.4. The summed E-state index contributed by atoms with van der Waals surface area (Å²) in [6.07, 6.45) is -0.0721. The molecule has 0 spiro atoms. The van der Waals surface area contributed by atoms with Crippen molar-refractivity contribution >= 4 is 23.3 Å². The number of methoxy groups -OCH3 is 1. The molecule has 0 saturated carbocycles. The van der Waals surface area contributed by atoms with E-state index < -0.39 is 29.0 Å². The van der Waals surface area contributed by atoms with E-state index >= 15 is 0 Å². The van der Waals surface area contributed by atoms with Gasteiger partial charge in [-0.15, -0.1) is 0 Å². The van der Waals surface area contributed by atoms with Crippen LogP contribution in [0.1, 0.15) is 5.56 Å². The maximum Gasteiger partial charge on any atom is 0.323 e. The molecule has 0 aromatic heterocycles. The maximum absolute atomic E-state index is 12.6. The van der Waals surface area contributed by atoms with Crippen molar-refractivity contribution in [2.24, 2.45) is 0 Å². The van der Waals surface area contributed by atoms with Crippen molar-refractivity contribution < 1.29 is 24.4 Å². The van der Waals surface area contributed by atoms with E-state index in [1.807, 2.05) is 0 Å². The molecule has 8 nitrogen and oxygen atoms in total. The van der Waals surface area contributed by atoms with Gasteiger partial charge in [0.15, 0.2) is 0 Å². The van der Waals surface area contributed by atoms with Gasteiger partial charge in [-0.2, -0.15) is 0 Å². The number of anilines is 1. The third-order valence-corrected chi connectivity index (χ3v) is 3.46. The van der Waals surface area contributed by atoms with Gasteiger partial charge in [0.2, 0.25) is 5.91 Å². The van der Waals surface area contributed by atoms with Gasteiger partial charge in [-0.25, -0.2) is 0 Å². The molecule has 0 aliphatic carbocycles. The Labute approximate surface area is 143 Å². The van der Waals surface area contributed by atoms with Crippen LogP contribution in [0, 0.1) is 10.1 Å². The first-order valence-corrected chi connectivity index (χ1v) is 7.31. The highest BCUT2D eigenvalue weighted by Gasteiger charge is 2.27. The van der Waals surface area contributed by atoms with E-state index in [1.165, 1.54) is 19.2 Å². The minimum Gasteiger partial charge on any atom is -0.496 e. The highest BCUT2D eigenvalue weighted by atomic mass is 16.6. The number of carboxylic acids is 1. The summed E-state index contributed by atoms with van der Waals surface area (Å²) in [5, 5.41) is 20.4. The molecule has 0 aliphatic rings. The maximum atomic E-state index is 12.6. The van der Waals surface area contributed by atoms with Gasteiger partial charge >= 0.3 is 5.97 Å². The Balaban J connectivity index is 2.41. The Morgan fingerprint density at radius 1 is 1.20 bits per heavy atom. The van der Waals surface area contributed by atoms with Crippen LogP contribution in [0.3, 0.4) is 0 Å². The number of ether oxygens (including phenoxy) is 1. The number of nitro groups is 1. The summed E-state index contributed by atoms with van der Waals surface area (Å²) in [6.45, 7) is -0.682. The summed E-state index contributed by atoms with van der Waals surface area (Å²) in [4.78, 5) is 35.3. The van der Waals surface area contributed by atoms with Gasteiger partial charge in [-0.1, -0.05) is 30.3 Å². The second-order valence-electron chi connectivity index (χ2n) is 5.15. The second-order valence-corrected chi connectivity index (χ2v) is 5.15. The highest BCUT2D eigenvalue weighted by Crippen LogP contribution is 2.32. The minimum absolute atomic E-state index is 0.0721. The van der Waals surface area contributed by atoms with Crippen molar-refractivity contribution in [2.75, 3.05) is 18.6 Å². The molecular formula is C17H16N2O6. The summed E-state index contributed by atoms with van der Waals surface area (Å²) >= 11 is 0. The predicted molar refractivity (Wildman–Crippen MR) is 89.8 cm³/mol. The lowest BCUT2D eigenvalue weighted by atomic mass is 10.1. The fourth-order valence-electron chi connectivity index (χ4n) is 2.31. The van der Waals surface area contributed by atoms with Gasteiger partial charge in [0.05, 0.1) is 24.5 Å². The van der Waals surface area contributed by atoms with Gasteiger partial charge in [0.1, 0.15) is 18.0 Å². The lowest BCUT2D eigenvalue weighted by Gasteiger charge is -2.21. The number of carboxylic acid groups (broad SMARTS) is 1. The molecule has 8 heteroatoms. The molecule has 1 N–H and O–H groups in total. The van der Waals surface area contributed by atoms with Crippen LogP contribution in [0.25, 0.3) is 0 Å². The van der Waals surface area contributed by atoms with E-state index in [0.717, 1.165) is 11.0 Å². The summed E-state index contributed by atoms with van der Waals surface area (Å²) in [7, 11) is 1.36. The Hall–Kier alpha value is -3.42. The molecule has 25 heavy (non-hydrogen) atoms. The molecule has 2 aromatic rings. The summed E-state index contributed by atoms with van der Waals surface area (Å²) in [5.41, 5.74) is 0.190. The van der Waals surface area contributed by atoms with Gasteiger partial charge in [-0.05, 0) is 17.7 Å². The Kier molecular flexibility index (Phi) is 5.67. The number of hydrogen-bond donors (Lipinski definition) is 1. The third-order valence-electron chi connectivity index (χ3n) is 3.46. The Bertz CT molecular complexity index is 791. The monoisotopic (exact) mass is 344 g/mol. The second kappa shape index (κ2) is 7.91. The first-order chi connectivity index (χ1) is 11.9. The van der Waals surface area contributed by atoms with Gasteiger partial charge in [0.25, 0.3) is 5.69 Å². The molecule has 0 heterocycles. The molecule has 0 fully saturated rings. The smallest absolute Gasteiger partial charge is 0.323 e. The topological polar surface area (TPSA) is 110 Å². The average Bonchev–Trinajstić information content (AvgIpc) is 2.59. The fourth-order valence-corrected chi connectivity index (χ4v) is 2.31. The molecule has 0 atom stereocenters. The van der Waals surface area contributed by atoms with Gasteiger partial charge in [0, 0.05) is 0 Å². The first-order valence-electron chi connectivity index (χ1n) is 7.31. The number of benzene rings is 2. The van der Waals surface area contributed by atoms with Crippen molar-refractivity contribution in [3.63, 3.8) is 0 Å². The zero-order valence-electron chi connectivity index (χ0n) is 13.4. The third kappa shape index (κ3) is 4.54. The fraction of sp³-hybridized carbons (Fsp3) is 0.176. The van der Waals surface area contributed by atoms with Crippen molar-refractivity contribution in [1.82, 2.24) is 0 Å². The van der Waals surface area contributed by atoms with Crippen LogP contribution in [0.4, 0.5) is 11.4 Å². The standard InChI is InChI=1S/C17H16N2O6/c1-25-13-7-8-14(15(10-13)19(23)24)18(11-17(21)22)16(20)9-12-5-3-2-4-6-12/h2-8,10H,9,11H2,1H3,(H,21,22). The van der Waals surface area contributed by atoms with Crippen molar-refractivity contribution in [1.29, 1.82) is 0 Å². The number of nitro benzene ring substituents is 1. The number of aliphatic carboxylic acids is 1. The van der Waals surface area contributed by atoms with Crippen LogP contribution in [-0.2, 0) is 16.0 Å². The van der Waals surface area contributed by atoms with Gasteiger partial charge < -0.3 is 9.84 Å². The summed E-state index contributed by atoms with van der Waals surface area (Å²) in [5.74, 6) is -1.59. The molecule has 2 rings (SSSR count). The first kappa shape index (κ1) is 17.9. The molecule has 1 amide bonds. The average molecular weight is 344 g/mol. The van der Waals surface area contributed by atoms with Crippen LogP contribution in [0.2, 0.25) is 0 Å². The SMILES string of the molecule is COc1ccc(N(CC(=O)O)C(=O)Cc2ccccc2)c([N+](=O)[O-])c1. The minimum atomic E-state index is -1.27. The largest absolute Gasteiger partial charge is 0.496 e. The zero-order chi connectivity index (χ0) is 18.4. The van der Waals surface area contributed by atoms with E-state index in [1.54, 1.807) is 30.3 Å². The number of rotatable bonds is 7. The van der Waals surface area contributed by atoms with Crippen molar-refractivity contribution in [3.8, 4) is 5.75 Å². The van der Waals surface area contributed by atoms with Gasteiger partial charge in [-0.3, -0.25) is 24.6 Å². The molecule has 0 saturated heterocycles. The predicted octanol–water partition coefficient (Wildman–Crippen LogP) is 2.26. The molecule has 0 aliphatic heterocycles. The number of amides is 1. The Morgan fingerprint density at radius 2 is 1.88 bits per heavy atom. The van der Waals surface area contributed by atoms with Crippen LogP contribution in [-0.4, -0.2) is 35.6 Å². The molecule has 2 aromatic carbocycles. The molecule has 0 unspecified atom stereocenters. The molecule has 0 bridgehead atoms. The number of carbonyl (C=O) groups excluding carboxylic acids is 1. The van der Waals surface area contributed by atoms with Crippen LogP contribution in [0.15, 0.2) is 48.5 Å². The quantitative estimate of drug-likeness (QED) is 0.609. The molecular weight excluding hydrogens is 328 g/mol. The van der Waals surface area contributed by atoms with Crippen molar-refractivity contribution in [2.45, 2.75) is 6.42 Å². The van der Waals surface area contributed by atoms with E-state index in [9.17, 15) is 19.7 Å². The normalized spacial score (nSPS) is 10.1. The molecule has 0 radical (unpaired) electrons. The number of carbonyl (C=O) groups is 2. The lowest BCUT2D eigenvalue weighted by molar-refractivity contribution is -0.384. The number of nitrogens with zero attached hydrogens (tertiary/aromatic N) is 2. The van der Waals surface area contributed by atoms with Crippen LogP contribution in [0.5, 0.6) is 5.75 Å². The Morgan fingerprint density at radius 3 is 2.44 bits per heavy atom. The van der Waals surface area contributed by atoms with Crippen LogP contribution >= 0.6 is 0 Å². The summed E-state index contributed by atoms with van der Waals surface area (Å²) in [6, 6.07) is 12.6. The van der Waals surface area contributed by atoms with Crippen LogP contribution < -0.4 is 9.64 Å². The number of hydrogen-bond acceptors (Lipinski definition) is 5. The van der Waals surface area contributed by atoms with E-state index in [-0.39, 0.29) is 17.9 Å². The van der Waals surface area contributed by atoms with E-state index in [4.69, 9.17) is 9.84 Å². The van der Waals surface area contributed by atoms with Crippen molar-refractivity contribution in [3.05, 3.63) is 64.2 Å². The van der Waals surface area contributed by atoms with E-state index in [0.29, 0.717) is 5.56 Å².